The van der Waals surface area contributed by atoms with Gasteiger partial charge in [0.25, 0.3) is 0 Å². The Balaban J connectivity index is 4.29. The molecule has 0 rings (SSSR count). The summed E-state index contributed by atoms with van der Waals surface area (Å²) in [6.45, 7) is 12.1. The van der Waals surface area contributed by atoms with E-state index in [0.717, 1.165) is 0 Å². The summed E-state index contributed by atoms with van der Waals surface area (Å²) in [4.78, 5) is 5.09. The Labute approximate surface area is 61.6 Å². The van der Waals surface area contributed by atoms with Crippen molar-refractivity contribution in [3.8, 4) is 12.0 Å². The third-order valence-corrected chi connectivity index (χ3v) is 0.875. The van der Waals surface area contributed by atoms with Crippen LogP contribution >= 0.6 is 0 Å². The Kier molecular flexibility index (Phi) is 3.74. The van der Waals surface area contributed by atoms with Crippen LogP contribution in [0.4, 0.5) is 0 Å². The summed E-state index contributed by atoms with van der Waals surface area (Å²) in [6.07, 6.45) is 1.54. The van der Waals surface area contributed by atoms with Crippen molar-refractivity contribution < 1.29 is 0 Å². The second-order valence-electron chi connectivity index (χ2n) is 1.49. The van der Waals surface area contributed by atoms with Crippen LogP contribution in [0.3, 0.4) is 0 Å². The first-order chi connectivity index (χ1) is 4.76. The molecule has 0 amide bonds. The predicted molar refractivity (Wildman–Crippen MR) is 44.2 cm³/mol. The molecule has 10 heavy (non-hydrogen) atoms. The number of hydrogen-bond acceptors (Lipinski definition) is 2. The van der Waals surface area contributed by atoms with Gasteiger partial charge in [0.2, 0.25) is 0 Å². The van der Waals surface area contributed by atoms with Gasteiger partial charge >= 0.3 is 0 Å². The maximum absolute atomic E-state index is 3.59. The lowest BCUT2D eigenvalue weighted by Crippen LogP contribution is -2.05. The summed E-state index contributed by atoms with van der Waals surface area (Å²) in [7, 11) is 0. The zero-order valence-corrected chi connectivity index (χ0v) is 6.09. The second-order valence-corrected chi connectivity index (χ2v) is 1.49. The van der Waals surface area contributed by atoms with Crippen LogP contribution in [0.5, 0.6) is 0 Å². The Morgan fingerprint density at radius 3 is 2.60 bits per heavy atom. The van der Waals surface area contributed by atoms with Crippen LogP contribution in [0.15, 0.2) is 30.2 Å². The molecule has 0 bridgehead atoms. The molecule has 0 aliphatic rings. The Hall–Kier alpha value is -1.49. The van der Waals surface area contributed by atoms with Crippen LogP contribution in [0.2, 0.25) is 0 Å². The molecule has 0 saturated heterocycles. The molecule has 0 aliphatic heterocycles. The van der Waals surface area contributed by atoms with E-state index in [9.17, 15) is 0 Å². The summed E-state index contributed by atoms with van der Waals surface area (Å²) in [5, 5.41) is 0. The molecule has 52 valence electrons. The van der Waals surface area contributed by atoms with Gasteiger partial charge in [-0.25, -0.2) is 4.99 Å². The summed E-state index contributed by atoms with van der Waals surface area (Å²) in [5.74, 6) is 3.18. The van der Waals surface area contributed by atoms with E-state index in [0.29, 0.717) is 5.82 Å². The molecular weight excluding hydrogens is 124 g/mol. The fourth-order valence-electron chi connectivity index (χ4n) is 0.412. The van der Waals surface area contributed by atoms with Gasteiger partial charge in [0, 0.05) is 12.2 Å². The molecule has 0 radical (unpaired) electrons. The van der Waals surface area contributed by atoms with E-state index >= 15 is 0 Å². The van der Waals surface area contributed by atoms with Gasteiger partial charge in [-0.1, -0.05) is 19.1 Å². The van der Waals surface area contributed by atoms with Gasteiger partial charge in [-0.05, 0) is 13.6 Å². The summed E-state index contributed by atoms with van der Waals surface area (Å²) in [6, 6.07) is 2.71. The zero-order valence-electron chi connectivity index (χ0n) is 6.09. The monoisotopic (exact) mass is 134 g/mol. The highest BCUT2D eigenvalue weighted by molar-refractivity contribution is 5.29. The molecule has 0 aromatic rings. The lowest BCUT2D eigenvalue weighted by molar-refractivity contribution is 0.661. The fraction of sp³-hybridized carbons (Fsp3) is 0.125. The molecule has 0 aromatic heterocycles. The standard InChI is InChI=1S/C8H10N2/c1-5-7-10(6-2)8(3)9-4/h6H,2-4H2,1H3. The SMILES string of the molecule is C=CN(C#CC)C(=C)N=C. The van der Waals surface area contributed by atoms with E-state index in [1.165, 1.54) is 11.1 Å². The van der Waals surface area contributed by atoms with E-state index in [-0.39, 0.29) is 0 Å². The van der Waals surface area contributed by atoms with Gasteiger partial charge in [0.1, 0.15) is 5.82 Å². The third-order valence-electron chi connectivity index (χ3n) is 0.875. The lowest BCUT2D eigenvalue weighted by Gasteiger charge is -2.08. The van der Waals surface area contributed by atoms with E-state index in [4.69, 9.17) is 0 Å². The molecule has 0 unspecified atom stereocenters. The minimum atomic E-state index is 0.490. The number of hydrogen-bond donors (Lipinski definition) is 0. The molecule has 0 aliphatic carbocycles. The minimum absolute atomic E-state index is 0.490. The van der Waals surface area contributed by atoms with Crippen LogP contribution in [-0.2, 0) is 0 Å². The van der Waals surface area contributed by atoms with Gasteiger partial charge in [0.05, 0.1) is 0 Å². The first kappa shape index (κ1) is 8.51. The van der Waals surface area contributed by atoms with E-state index in [1.807, 2.05) is 0 Å². The number of rotatable bonds is 3. The van der Waals surface area contributed by atoms with Gasteiger partial charge in [-0.2, -0.15) is 0 Å². The molecule has 2 heteroatoms. The largest absolute Gasteiger partial charge is 0.262 e. The smallest absolute Gasteiger partial charge is 0.136 e. The maximum Gasteiger partial charge on any atom is 0.136 e. The van der Waals surface area contributed by atoms with Crippen molar-refractivity contribution in [1.29, 1.82) is 0 Å². The van der Waals surface area contributed by atoms with Gasteiger partial charge in [-0.3, -0.25) is 4.90 Å². The summed E-state index contributed by atoms with van der Waals surface area (Å²) in [5.41, 5.74) is 0. The van der Waals surface area contributed by atoms with Crippen LogP contribution in [0, 0.1) is 12.0 Å². The van der Waals surface area contributed by atoms with Gasteiger partial charge < -0.3 is 0 Å². The normalized spacial score (nSPS) is 6.90. The third kappa shape index (κ3) is 2.19. The maximum atomic E-state index is 3.59. The molecule has 2 nitrogen and oxygen atoms in total. The van der Waals surface area contributed by atoms with Crippen LogP contribution in [-0.4, -0.2) is 11.6 Å². The minimum Gasteiger partial charge on any atom is -0.262 e. The van der Waals surface area contributed by atoms with E-state index in [1.54, 1.807) is 6.92 Å². The summed E-state index contributed by atoms with van der Waals surface area (Å²) < 4.78 is 0. The van der Waals surface area contributed by atoms with Crippen molar-refractivity contribution in [2.24, 2.45) is 4.99 Å². The quantitative estimate of drug-likeness (QED) is 0.325. The van der Waals surface area contributed by atoms with Gasteiger partial charge in [0.15, 0.2) is 0 Å². The zero-order chi connectivity index (χ0) is 7.98. The molecule has 0 N–H and O–H groups in total. The molecule has 0 saturated carbocycles. The lowest BCUT2D eigenvalue weighted by atomic mass is 10.6. The highest BCUT2D eigenvalue weighted by Gasteiger charge is 1.93. The van der Waals surface area contributed by atoms with Crippen LogP contribution in [0.1, 0.15) is 6.92 Å². The van der Waals surface area contributed by atoms with E-state index in [2.05, 4.69) is 36.8 Å². The van der Waals surface area contributed by atoms with Crippen molar-refractivity contribution in [3.63, 3.8) is 0 Å². The van der Waals surface area contributed by atoms with Crippen LogP contribution < -0.4 is 0 Å². The first-order valence-corrected chi connectivity index (χ1v) is 2.76. The Morgan fingerprint density at radius 1 is 1.70 bits per heavy atom. The van der Waals surface area contributed by atoms with Crippen molar-refractivity contribution >= 4 is 6.72 Å². The molecule has 0 spiro atoms. The highest BCUT2D eigenvalue weighted by Crippen LogP contribution is 1.99. The molecule has 0 atom stereocenters. The predicted octanol–water partition coefficient (Wildman–Crippen LogP) is 1.58. The van der Waals surface area contributed by atoms with Crippen molar-refractivity contribution in [2.75, 3.05) is 0 Å². The van der Waals surface area contributed by atoms with E-state index < -0.39 is 0 Å². The van der Waals surface area contributed by atoms with Crippen molar-refractivity contribution in [2.45, 2.75) is 6.92 Å². The second kappa shape index (κ2) is 4.39. The van der Waals surface area contributed by atoms with Crippen molar-refractivity contribution in [1.82, 2.24) is 4.90 Å². The topological polar surface area (TPSA) is 15.6 Å². The molecule has 0 aromatic carbocycles. The molecular formula is C8H10N2. The van der Waals surface area contributed by atoms with Crippen LogP contribution in [0.25, 0.3) is 0 Å². The molecule has 0 fully saturated rings. The first-order valence-electron chi connectivity index (χ1n) is 2.76. The Morgan fingerprint density at radius 2 is 2.30 bits per heavy atom. The Bertz CT molecular complexity index is 205. The van der Waals surface area contributed by atoms with Crippen molar-refractivity contribution in [3.05, 3.63) is 25.2 Å². The summed E-state index contributed by atoms with van der Waals surface area (Å²) >= 11 is 0. The van der Waals surface area contributed by atoms with Gasteiger partial charge in [-0.15, -0.1) is 0 Å². The number of nitrogens with zero attached hydrogens (tertiary/aromatic N) is 2. The molecule has 0 heterocycles. The number of aliphatic imine (C=N–C) groups is 1. The highest BCUT2D eigenvalue weighted by atomic mass is 15.2. The average molecular weight is 134 g/mol. The fourth-order valence-corrected chi connectivity index (χ4v) is 0.412. The average Bonchev–Trinajstić information content (AvgIpc) is 1.99.